The summed E-state index contributed by atoms with van der Waals surface area (Å²) < 4.78 is 17.1. The van der Waals surface area contributed by atoms with Crippen LogP contribution in [-0.2, 0) is 9.53 Å². The Kier molecular flexibility index (Phi) is 5.55. The van der Waals surface area contributed by atoms with E-state index in [1.54, 1.807) is 7.11 Å². The zero-order chi connectivity index (χ0) is 18.7. The fourth-order valence-corrected chi connectivity index (χ4v) is 4.57. The van der Waals surface area contributed by atoms with Crippen LogP contribution in [0.15, 0.2) is 24.3 Å². The predicted molar refractivity (Wildman–Crippen MR) is 102 cm³/mol. The number of hydrogen-bond acceptors (Lipinski definition) is 5. The molecule has 6 nitrogen and oxygen atoms in total. The number of para-hydroxylation sites is 2. The lowest BCUT2D eigenvalue weighted by Crippen LogP contribution is -2.53. The third-order valence-corrected chi connectivity index (χ3v) is 6.26. The van der Waals surface area contributed by atoms with E-state index in [1.165, 1.54) is 0 Å². The molecule has 6 heteroatoms. The van der Waals surface area contributed by atoms with Crippen LogP contribution in [0.3, 0.4) is 0 Å². The summed E-state index contributed by atoms with van der Waals surface area (Å²) in [5.41, 5.74) is 0.286. The van der Waals surface area contributed by atoms with Crippen LogP contribution in [0.5, 0.6) is 11.5 Å². The quantitative estimate of drug-likeness (QED) is 0.791. The van der Waals surface area contributed by atoms with Gasteiger partial charge in [0, 0.05) is 33.2 Å². The lowest BCUT2D eigenvalue weighted by atomic mass is 9.72. The van der Waals surface area contributed by atoms with Crippen LogP contribution in [0.1, 0.15) is 25.7 Å². The van der Waals surface area contributed by atoms with E-state index in [0.29, 0.717) is 26.2 Å². The molecule has 3 heterocycles. The largest absolute Gasteiger partial charge is 0.486 e. The molecule has 2 fully saturated rings. The van der Waals surface area contributed by atoms with E-state index in [4.69, 9.17) is 14.2 Å². The van der Waals surface area contributed by atoms with E-state index in [1.807, 2.05) is 29.2 Å². The second kappa shape index (κ2) is 8.07. The topological polar surface area (TPSA) is 51.2 Å². The lowest BCUT2D eigenvalue weighted by molar-refractivity contribution is -0.140. The highest BCUT2D eigenvalue weighted by Gasteiger charge is 2.41. The fourth-order valence-electron chi connectivity index (χ4n) is 4.57. The van der Waals surface area contributed by atoms with Crippen molar-refractivity contribution in [1.29, 1.82) is 0 Å². The van der Waals surface area contributed by atoms with Crippen LogP contribution in [0, 0.1) is 5.41 Å². The Morgan fingerprint density at radius 1 is 1.19 bits per heavy atom. The number of fused-ring (bicyclic) bond motifs is 1. The minimum absolute atomic E-state index is 0.0834. The molecule has 1 aromatic rings. The van der Waals surface area contributed by atoms with Crippen molar-refractivity contribution in [2.24, 2.45) is 5.41 Å². The van der Waals surface area contributed by atoms with Gasteiger partial charge in [-0.1, -0.05) is 12.1 Å². The normalized spacial score (nSPS) is 25.0. The molecule has 0 radical (unpaired) electrons. The van der Waals surface area contributed by atoms with Crippen molar-refractivity contribution >= 4 is 5.91 Å². The van der Waals surface area contributed by atoms with Gasteiger partial charge in [-0.15, -0.1) is 0 Å². The van der Waals surface area contributed by atoms with Crippen molar-refractivity contribution in [2.45, 2.75) is 31.8 Å². The van der Waals surface area contributed by atoms with Crippen molar-refractivity contribution in [2.75, 3.05) is 53.0 Å². The van der Waals surface area contributed by atoms with Gasteiger partial charge in [0.15, 0.2) is 11.5 Å². The highest BCUT2D eigenvalue weighted by atomic mass is 16.6. The van der Waals surface area contributed by atoms with Crippen molar-refractivity contribution in [1.82, 2.24) is 9.80 Å². The van der Waals surface area contributed by atoms with Crippen LogP contribution in [0.2, 0.25) is 0 Å². The summed E-state index contributed by atoms with van der Waals surface area (Å²) in [6.07, 6.45) is 4.08. The number of hydrogen-bond donors (Lipinski definition) is 0. The number of amides is 1. The second-order valence-electron chi connectivity index (χ2n) is 8.11. The maximum atomic E-state index is 12.2. The second-order valence-corrected chi connectivity index (χ2v) is 8.11. The standard InChI is InChI=1S/C21H30N2O4/c1-25-13-12-23-16-21(7-6-20(23)24)8-10-22(11-9-21)14-17-15-26-18-4-2-3-5-19(18)27-17/h2-5,17H,6-16H2,1H3/t17-/m1/s1. The zero-order valence-corrected chi connectivity index (χ0v) is 16.2. The van der Waals surface area contributed by atoms with Gasteiger partial charge < -0.3 is 19.1 Å². The first-order chi connectivity index (χ1) is 13.2. The molecule has 1 spiro atoms. The van der Waals surface area contributed by atoms with E-state index in [2.05, 4.69) is 4.90 Å². The highest BCUT2D eigenvalue weighted by Crippen LogP contribution is 2.40. The van der Waals surface area contributed by atoms with E-state index in [9.17, 15) is 4.79 Å². The van der Waals surface area contributed by atoms with Gasteiger partial charge in [0.1, 0.15) is 12.7 Å². The van der Waals surface area contributed by atoms with Crippen LogP contribution in [-0.4, -0.2) is 74.9 Å². The monoisotopic (exact) mass is 374 g/mol. The summed E-state index contributed by atoms with van der Waals surface area (Å²) in [7, 11) is 1.69. The molecule has 0 aromatic heterocycles. The van der Waals surface area contributed by atoms with E-state index in [0.717, 1.165) is 56.9 Å². The Balaban J connectivity index is 1.28. The first-order valence-corrected chi connectivity index (χ1v) is 10.1. The molecule has 3 aliphatic heterocycles. The molecule has 1 atom stereocenters. The van der Waals surface area contributed by atoms with Gasteiger partial charge in [0.2, 0.25) is 5.91 Å². The minimum atomic E-state index is 0.0834. The van der Waals surface area contributed by atoms with E-state index >= 15 is 0 Å². The van der Waals surface area contributed by atoms with Crippen LogP contribution < -0.4 is 9.47 Å². The van der Waals surface area contributed by atoms with Crippen LogP contribution in [0.4, 0.5) is 0 Å². The van der Waals surface area contributed by atoms with Gasteiger partial charge in [0.05, 0.1) is 6.61 Å². The number of carbonyl (C=O) groups is 1. The Hall–Kier alpha value is -1.79. The number of nitrogens with zero attached hydrogens (tertiary/aromatic N) is 2. The summed E-state index contributed by atoms with van der Waals surface area (Å²) in [5.74, 6) is 1.97. The molecule has 0 bridgehead atoms. The first kappa shape index (κ1) is 18.6. The molecule has 1 aromatic carbocycles. The Labute approximate surface area is 161 Å². The molecule has 0 N–H and O–H groups in total. The summed E-state index contributed by atoms with van der Waals surface area (Å²) >= 11 is 0. The number of rotatable bonds is 5. The Bertz CT molecular complexity index is 657. The maximum Gasteiger partial charge on any atom is 0.222 e. The highest BCUT2D eigenvalue weighted by molar-refractivity contribution is 5.77. The summed E-state index contributed by atoms with van der Waals surface area (Å²) in [5, 5.41) is 0. The molecule has 27 heavy (non-hydrogen) atoms. The van der Waals surface area contributed by atoms with Crippen molar-refractivity contribution in [3.8, 4) is 11.5 Å². The van der Waals surface area contributed by atoms with Gasteiger partial charge in [-0.2, -0.15) is 0 Å². The molecule has 148 valence electrons. The third kappa shape index (κ3) is 4.22. The zero-order valence-electron chi connectivity index (χ0n) is 16.2. The van der Waals surface area contributed by atoms with Crippen LogP contribution >= 0.6 is 0 Å². The van der Waals surface area contributed by atoms with Gasteiger partial charge in [-0.25, -0.2) is 0 Å². The Morgan fingerprint density at radius 2 is 1.96 bits per heavy atom. The van der Waals surface area contributed by atoms with E-state index in [-0.39, 0.29) is 17.4 Å². The molecular formula is C21H30N2O4. The smallest absolute Gasteiger partial charge is 0.222 e. The molecule has 3 aliphatic rings. The Morgan fingerprint density at radius 3 is 2.74 bits per heavy atom. The van der Waals surface area contributed by atoms with Gasteiger partial charge in [-0.3, -0.25) is 9.69 Å². The summed E-state index contributed by atoms with van der Waals surface area (Å²) in [6.45, 7) is 5.86. The van der Waals surface area contributed by atoms with Crippen molar-refractivity contribution in [3.05, 3.63) is 24.3 Å². The number of benzene rings is 1. The van der Waals surface area contributed by atoms with Crippen molar-refractivity contribution in [3.63, 3.8) is 0 Å². The molecule has 1 amide bonds. The maximum absolute atomic E-state index is 12.2. The average molecular weight is 374 g/mol. The van der Waals surface area contributed by atoms with Gasteiger partial charge in [0.25, 0.3) is 0 Å². The summed E-state index contributed by atoms with van der Waals surface area (Å²) in [4.78, 5) is 16.7. The average Bonchev–Trinajstić information content (AvgIpc) is 2.71. The number of carbonyl (C=O) groups excluding carboxylic acids is 1. The number of ether oxygens (including phenoxy) is 3. The lowest BCUT2D eigenvalue weighted by Gasteiger charge is -2.48. The molecule has 4 rings (SSSR count). The van der Waals surface area contributed by atoms with Gasteiger partial charge in [-0.05, 0) is 49.9 Å². The molecular weight excluding hydrogens is 344 g/mol. The number of piperidine rings is 2. The summed E-state index contributed by atoms with van der Waals surface area (Å²) in [6, 6.07) is 7.88. The molecule has 2 saturated heterocycles. The van der Waals surface area contributed by atoms with Gasteiger partial charge >= 0.3 is 0 Å². The fraction of sp³-hybridized carbons (Fsp3) is 0.667. The van der Waals surface area contributed by atoms with Crippen LogP contribution in [0.25, 0.3) is 0 Å². The third-order valence-electron chi connectivity index (χ3n) is 6.26. The SMILES string of the molecule is COCCN1CC2(CCC1=O)CCN(C[C@@H]1COc3ccccc3O1)CC2. The predicted octanol–water partition coefficient (Wildman–Crippen LogP) is 2.18. The minimum Gasteiger partial charge on any atom is -0.486 e. The number of methoxy groups -OCH3 is 1. The first-order valence-electron chi connectivity index (χ1n) is 10.1. The molecule has 0 unspecified atom stereocenters. The molecule has 0 aliphatic carbocycles. The van der Waals surface area contributed by atoms with E-state index < -0.39 is 0 Å². The number of likely N-dealkylation sites (tertiary alicyclic amines) is 2. The molecule has 0 saturated carbocycles. The van der Waals surface area contributed by atoms with Crippen molar-refractivity contribution < 1.29 is 19.0 Å².